The number of H-pyrrole nitrogens is 1. The molecule has 0 spiro atoms. The van der Waals surface area contributed by atoms with Crippen LogP contribution in [-0.4, -0.2) is 15.2 Å². The maximum absolute atomic E-state index is 11.9. The van der Waals surface area contributed by atoms with Gasteiger partial charge in [0, 0.05) is 17.2 Å². The zero-order chi connectivity index (χ0) is 15.2. The lowest BCUT2D eigenvalue weighted by molar-refractivity contribution is 0.719. The highest BCUT2D eigenvalue weighted by atomic mass is 32.2. The minimum atomic E-state index is -0.0693. The predicted molar refractivity (Wildman–Crippen MR) is 89.0 cm³/mol. The van der Waals surface area contributed by atoms with E-state index < -0.39 is 0 Å². The molecule has 2 atom stereocenters. The number of thioether (sulfide) groups is 1. The average molecular weight is 302 g/mol. The smallest absolute Gasteiger partial charge is 0.251 e. The number of aromatic nitrogens is 2. The zero-order valence-electron chi connectivity index (χ0n) is 12.8. The minimum absolute atomic E-state index is 0.0693. The maximum atomic E-state index is 11.9. The van der Waals surface area contributed by atoms with Crippen LogP contribution in [0.3, 0.4) is 0 Å². The van der Waals surface area contributed by atoms with Gasteiger partial charge in [-0.1, -0.05) is 62.9 Å². The molecule has 1 aromatic carbocycles. The third-order valence-electron chi connectivity index (χ3n) is 3.59. The van der Waals surface area contributed by atoms with Crippen molar-refractivity contribution in [1.82, 2.24) is 9.97 Å². The summed E-state index contributed by atoms with van der Waals surface area (Å²) in [4.78, 5) is 19.4. The molecule has 0 aliphatic carbocycles. The highest BCUT2D eigenvalue weighted by Gasteiger charge is 2.16. The summed E-state index contributed by atoms with van der Waals surface area (Å²) in [5.74, 6) is 0.171. The highest BCUT2D eigenvalue weighted by molar-refractivity contribution is 7.99. The molecule has 0 amide bonds. The third-order valence-corrected chi connectivity index (χ3v) is 4.75. The molecule has 0 saturated heterocycles. The number of hydrogen-bond acceptors (Lipinski definition) is 3. The molecule has 2 rings (SSSR count). The summed E-state index contributed by atoms with van der Waals surface area (Å²) in [6, 6.07) is 11.9. The molecule has 0 saturated carbocycles. The molecule has 1 N–H and O–H groups in total. The number of rotatable bonds is 6. The summed E-state index contributed by atoms with van der Waals surface area (Å²) in [5.41, 5.74) is 2.00. The summed E-state index contributed by atoms with van der Waals surface area (Å²) in [7, 11) is 0. The number of nitrogens with one attached hydrogen (secondary N) is 1. The van der Waals surface area contributed by atoms with Crippen LogP contribution in [0.4, 0.5) is 0 Å². The molecule has 4 heteroatoms. The Morgan fingerprint density at radius 2 is 1.90 bits per heavy atom. The lowest BCUT2D eigenvalue weighted by Crippen LogP contribution is -2.14. The monoisotopic (exact) mass is 302 g/mol. The lowest BCUT2D eigenvalue weighted by Gasteiger charge is -2.16. The van der Waals surface area contributed by atoms with Gasteiger partial charge in [-0.3, -0.25) is 4.79 Å². The van der Waals surface area contributed by atoms with Gasteiger partial charge in [-0.05, 0) is 18.4 Å². The molecule has 0 aliphatic rings. The molecule has 0 radical (unpaired) electrons. The summed E-state index contributed by atoms with van der Waals surface area (Å²) >= 11 is 1.63. The Hall–Kier alpha value is -1.55. The van der Waals surface area contributed by atoms with E-state index in [-0.39, 0.29) is 11.5 Å². The van der Waals surface area contributed by atoms with Crippen molar-refractivity contribution in [3.8, 4) is 0 Å². The minimum Gasteiger partial charge on any atom is -0.301 e. The number of aromatic amines is 1. The van der Waals surface area contributed by atoms with Crippen LogP contribution >= 0.6 is 11.8 Å². The van der Waals surface area contributed by atoms with E-state index in [0.717, 1.165) is 23.7 Å². The van der Waals surface area contributed by atoms with Crippen LogP contribution in [-0.2, 0) is 0 Å². The molecule has 1 heterocycles. The first-order valence-corrected chi connectivity index (χ1v) is 8.34. The van der Waals surface area contributed by atoms with Crippen molar-refractivity contribution in [3.05, 3.63) is 58.0 Å². The van der Waals surface area contributed by atoms with E-state index in [2.05, 4.69) is 42.9 Å². The molecule has 2 aromatic rings. The van der Waals surface area contributed by atoms with Crippen molar-refractivity contribution in [2.24, 2.45) is 0 Å². The van der Waals surface area contributed by atoms with Gasteiger partial charge in [0.15, 0.2) is 5.16 Å². The Morgan fingerprint density at radius 3 is 2.52 bits per heavy atom. The summed E-state index contributed by atoms with van der Waals surface area (Å²) in [6.45, 7) is 6.41. The average Bonchev–Trinajstić information content (AvgIpc) is 2.48. The predicted octanol–water partition coefficient (Wildman–Crippen LogP) is 4.20. The van der Waals surface area contributed by atoms with Crippen molar-refractivity contribution in [2.45, 2.75) is 49.9 Å². The number of hydrogen-bond donors (Lipinski definition) is 1. The Bertz CT molecular complexity index is 624. The van der Waals surface area contributed by atoms with Crippen molar-refractivity contribution >= 4 is 11.8 Å². The van der Waals surface area contributed by atoms with Crippen molar-refractivity contribution < 1.29 is 0 Å². The van der Waals surface area contributed by atoms with E-state index in [1.807, 2.05) is 18.2 Å². The van der Waals surface area contributed by atoms with Gasteiger partial charge in [-0.2, -0.15) is 0 Å². The summed E-state index contributed by atoms with van der Waals surface area (Å²) in [5, 5.41) is 1.17. The number of benzene rings is 1. The van der Waals surface area contributed by atoms with E-state index in [4.69, 9.17) is 0 Å². The van der Waals surface area contributed by atoms with E-state index in [1.54, 1.807) is 17.8 Å². The van der Waals surface area contributed by atoms with Gasteiger partial charge in [0.25, 0.3) is 5.56 Å². The molecule has 112 valence electrons. The van der Waals surface area contributed by atoms with Gasteiger partial charge >= 0.3 is 0 Å². The van der Waals surface area contributed by atoms with Gasteiger partial charge in [0.05, 0.1) is 5.69 Å². The molecule has 0 bridgehead atoms. The molecule has 0 fully saturated rings. The van der Waals surface area contributed by atoms with Crippen LogP contribution in [0.5, 0.6) is 0 Å². The molecule has 3 nitrogen and oxygen atoms in total. The van der Waals surface area contributed by atoms with Crippen LogP contribution in [0, 0.1) is 0 Å². The van der Waals surface area contributed by atoms with Gasteiger partial charge in [-0.15, -0.1) is 0 Å². The van der Waals surface area contributed by atoms with Gasteiger partial charge in [0.2, 0.25) is 0 Å². The standard InChI is InChI=1S/C17H22N2OS/c1-4-12(3)21-17-18-15(11-16(20)19-17)14(5-2)13-9-7-6-8-10-13/h6-12,14H,4-5H2,1-3H3,(H,18,19,20). The van der Waals surface area contributed by atoms with Gasteiger partial charge in [0.1, 0.15) is 0 Å². The summed E-state index contributed by atoms with van der Waals surface area (Å²) in [6.07, 6.45) is 1.97. The van der Waals surface area contributed by atoms with Crippen LogP contribution in [0.25, 0.3) is 0 Å². The first-order chi connectivity index (χ1) is 10.1. The number of nitrogens with zero attached hydrogens (tertiary/aromatic N) is 1. The fourth-order valence-corrected chi connectivity index (χ4v) is 3.13. The van der Waals surface area contributed by atoms with Crippen molar-refractivity contribution in [3.63, 3.8) is 0 Å². The van der Waals surface area contributed by atoms with E-state index in [0.29, 0.717) is 5.25 Å². The molecule has 1 aromatic heterocycles. The van der Waals surface area contributed by atoms with Crippen LogP contribution in [0.2, 0.25) is 0 Å². The van der Waals surface area contributed by atoms with Gasteiger partial charge in [-0.25, -0.2) is 4.98 Å². The molecular weight excluding hydrogens is 280 g/mol. The normalized spacial score (nSPS) is 13.9. The van der Waals surface area contributed by atoms with E-state index >= 15 is 0 Å². The Kier molecular flexibility index (Phi) is 5.62. The van der Waals surface area contributed by atoms with Crippen LogP contribution in [0.15, 0.2) is 46.3 Å². The Labute approximate surface area is 130 Å². The largest absolute Gasteiger partial charge is 0.301 e. The topological polar surface area (TPSA) is 45.8 Å². The Balaban J connectivity index is 2.36. The van der Waals surface area contributed by atoms with E-state index in [9.17, 15) is 4.79 Å². The second-order valence-electron chi connectivity index (χ2n) is 5.18. The third kappa shape index (κ3) is 4.21. The summed E-state index contributed by atoms with van der Waals surface area (Å²) < 4.78 is 0. The molecule has 21 heavy (non-hydrogen) atoms. The van der Waals surface area contributed by atoms with Crippen molar-refractivity contribution in [2.75, 3.05) is 0 Å². The second-order valence-corrected chi connectivity index (χ2v) is 6.61. The van der Waals surface area contributed by atoms with Crippen LogP contribution < -0.4 is 5.56 Å². The fraction of sp³-hybridized carbons (Fsp3) is 0.412. The fourth-order valence-electron chi connectivity index (χ4n) is 2.26. The zero-order valence-corrected chi connectivity index (χ0v) is 13.6. The first-order valence-electron chi connectivity index (χ1n) is 7.46. The highest BCUT2D eigenvalue weighted by Crippen LogP contribution is 2.27. The molecular formula is C17H22N2OS. The molecule has 2 unspecified atom stereocenters. The van der Waals surface area contributed by atoms with Crippen LogP contribution in [0.1, 0.15) is 50.8 Å². The second kappa shape index (κ2) is 7.46. The SMILES string of the molecule is CCC(C)Sc1nc(C(CC)c2ccccc2)cc(=O)[nH]1. The first kappa shape index (κ1) is 15.8. The Morgan fingerprint density at radius 1 is 1.19 bits per heavy atom. The quantitative estimate of drug-likeness (QED) is 0.642. The van der Waals surface area contributed by atoms with Gasteiger partial charge < -0.3 is 4.98 Å². The lowest BCUT2D eigenvalue weighted by atomic mass is 9.93. The molecule has 0 aliphatic heterocycles. The maximum Gasteiger partial charge on any atom is 0.251 e. The van der Waals surface area contributed by atoms with E-state index in [1.165, 1.54) is 5.56 Å². The van der Waals surface area contributed by atoms with Crippen molar-refractivity contribution in [1.29, 1.82) is 0 Å².